The normalized spacial score (nSPS) is 22.2. The minimum absolute atomic E-state index is 0.167. The number of aryl methyl sites for hydroxylation is 1. The molecule has 6 heteroatoms. The first-order chi connectivity index (χ1) is 9.77. The van der Waals surface area contributed by atoms with Gasteiger partial charge in [-0.3, -0.25) is 0 Å². The number of halogens is 1. The van der Waals surface area contributed by atoms with Crippen molar-refractivity contribution in [3.8, 4) is 0 Å². The molecule has 1 aliphatic heterocycles. The Balaban J connectivity index is 2.03. The van der Waals surface area contributed by atoms with Crippen molar-refractivity contribution < 1.29 is 13.5 Å². The van der Waals surface area contributed by atoms with Crippen molar-refractivity contribution in [2.24, 2.45) is 5.92 Å². The van der Waals surface area contributed by atoms with E-state index in [9.17, 15) is 13.5 Å². The van der Waals surface area contributed by atoms with E-state index in [-0.39, 0.29) is 5.92 Å². The molecule has 0 spiro atoms. The number of aliphatic hydroxyl groups excluding tert-OH is 1. The Bertz CT molecular complexity index is 603. The average molecular weight is 332 g/mol. The lowest BCUT2D eigenvalue weighted by Crippen LogP contribution is -2.39. The van der Waals surface area contributed by atoms with E-state index < -0.39 is 16.1 Å². The summed E-state index contributed by atoms with van der Waals surface area (Å²) >= 11 is 6.18. The summed E-state index contributed by atoms with van der Waals surface area (Å²) in [4.78, 5) is 0. The molecule has 1 heterocycles. The number of hydrogen-bond donors (Lipinski definition) is 1. The van der Waals surface area contributed by atoms with Gasteiger partial charge in [-0.1, -0.05) is 23.7 Å². The monoisotopic (exact) mass is 331 g/mol. The van der Waals surface area contributed by atoms with Gasteiger partial charge in [0.2, 0.25) is 10.0 Å². The van der Waals surface area contributed by atoms with E-state index in [4.69, 9.17) is 11.6 Å². The molecule has 2 unspecified atom stereocenters. The molecule has 1 aliphatic rings. The lowest BCUT2D eigenvalue weighted by atomic mass is 9.91. The Hall–Kier alpha value is -0.620. The zero-order valence-electron chi connectivity index (χ0n) is 12.4. The molecule has 0 saturated carbocycles. The van der Waals surface area contributed by atoms with E-state index in [0.717, 1.165) is 24.0 Å². The Kier molecular flexibility index (Phi) is 5.30. The Morgan fingerprint density at radius 2 is 2.19 bits per heavy atom. The minimum Gasteiger partial charge on any atom is -0.388 e. The molecule has 4 nitrogen and oxygen atoms in total. The molecule has 0 aromatic heterocycles. The predicted octanol–water partition coefficient (Wildman–Crippen LogP) is 2.74. The predicted molar refractivity (Wildman–Crippen MR) is 84.9 cm³/mol. The van der Waals surface area contributed by atoms with Crippen LogP contribution in [-0.2, 0) is 10.0 Å². The molecule has 21 heavy (non-hydrogen) atoms. The van der Waals surface area contributed by atoms with Crippen LogP contribution in [0.25, 0.3) is 0 Å². The second-order valence-electron chi connectivity index (χ2n) is 5.91. The number of nitrogens with zero attached hydrogens (tertiary/aromatic N) is 1. The van der Waals surface area contributed by atoms with E-state index in [0.29, 0.717) is 24.5 Å². The summed E-state index contributed by atoms with van der Waals surface area (Å²) in [5.74, 6) is 0.167. The van der Waals surface area contributed by atoms with Gasteiger partial charge >= 0.3 is 0 Å². The topological polar surface area (TPSA) is 57.6 Å². The summed E-state index contributed by atoms with van der Waals surface area (Å²) < 4.78 is 24.7. The maximum Gasteiger partial charge on any atom is 0.211 e. The van der Waals surface area contributed by atoms with Crippen LogP contribution < -0.4 is 0 Å². The van der Waals surface area contributed by atoms with Gasteiger partial charge in [-0.15, -0.1) is 0 Å². The summed E-state index contributed by atoms with van der Waals surface area (Å²) in [6.07, 6.45) is 2.90. The molecule has 0 amide bonds. The van der Waals surface area contributed by atoms with Crippen LogP contribution in [0.3, 0.4) is 0 Å². The van der Waals surface area contributed by atoms with Gasteiger partial charge in [-0.2, -0.15) is 0 Å². The van der Waals surface area contributed by atoms with Gasteiger partial charge in [0.05, 0.1) is 12.4 Å². The van der Waals surface area contributed by atoms with Crippen LogP contribution >= 0.6 is 11.6 Å². The highest BCUT2D eigenvalue weighted by atomic mass is 35.5. The Morgan fingerprint density at radius 3 is 2.81 bits per heavy atom. The van der Waals surface area contributed by atoms with Crippen molar-refractivity contribution in [2.75, 3.05) is 19.3 Å². The number of aliphatic hydroxyl groups is 1. The lowest BCUT2D eigenvalue weighted by molar-refractivity contribution is 0.123. The quantitative estimate of drug-likeness (QED) is 0.923. The van der Waals surface area contributed by atoms with E-state index in [2.05, 4.69) is 0 Å². The van der Waals surface area contributed by atoms with Crippen LogP contribution in [0.15, 0.2) is 18.2 Å². The van der Waals surface area contributed by atoms with Crippen LogP contribution in [0.5, 0.6) is 0 Å². The van der Waals surface area contributed by atoms with Gasteiger partial charge in [0.15, 0.2) is 0 Å². The lowest BCUT2D eigenvalue weighted by Gasteiger charge is -2.32. The van der Waals surface area contributed by atoms with Gasteiger partial charge in [0.25, 0.3) is 0 Å². The second kappa shape index (κ2) is 6.65. The highest BCUT2D eigenvalue weighted by molar-refractivity contribution is 7.88. The fourth-order valence-electron chi connectivity index (χ4n) is 2.87. The molecule has 0 bridgehead atoms. The molecule has 1 fully saturated rings. The summed E-state index contributed by atoms with van der Waals surface area (Å²) in [5, 5.41) is 10.9. The largest absolute Gasteiger partial charge is 0.388 e. The minimum atomic E-state index is -3.15. The van der Waals surface area contributed by atoms with Crippen LogP contribution in [0.2, 0.25) is 5.02 Å². The van der Waals surface area contributed by atoms with Crippen molar-refractivity contribution in [1.82, 2.24) is 4.31 Å². The molecule has 2 rings (SSSR count). The van der Waals surface area contributed by atoms with Crippen LogP contribution in [-0.4, -0.2) is 37.2 Å². The van der Waals surface area contributed by atoms with Crippen molar-refractivity contribution in [2.45, 2.75) is 32.3 Å². The number of piperidine rings is 1. The molecule has 0 aliphatic carbocycles. The summed E-state index contributed by atoms with van der Waals surface area (Å²) in [6.45, 7) is 3.02. The van der Waals surface area contributed by atoms with Crippen molar-refractivity contribution >= 4 is 21.6 Å². The number of benzene rings is 1. The van der Waals surface area contributed by atoms with Crippen LogP contribution in [0.1, 0.15) is 36.5 Å². The molecule has 1 aromatic carbocycles. The summed E-state index contributed by atoms with van der Waals surface area (Å²) in [7, 11) is -3.15. The summed E-state index contributed by atoms with van der Waals surface area (Å²) in [5.41, 5.74) is 1.77. The molecule has 1 N–H and O–H groups in total. The third-order valence-corrected chi connectivity index (χ3v) is 5.62. The first-order valence-electron chi connectivity index (χ1n) is 7.16. The summed E-state index contributed by atoms with van der Waals surface area (Å²) in [6, 6.07) is 5.61. The highest BCUT2D eigenvalue weighted by Gasteiger charge is 2.28. The maximum absolute atomic E-state index is 11.6. The molecule has 2 atom stereocenters. The third kappa shape index (κ3) is 4.42. The Labute approximate surface area is 131 Å². The first-order valence-corrected chi connectivity index (χ1v) is 9.39. The molecule has 1 saturated heterocycles. The van der Waals surface area contributed by atoms with E-state index in [1.807, 2.05) is 25.1 Å². The SMILES string of the molecule is Cc1ccc(C(O)CC2CCCN(S(C)(=O)=O)C2)c(Cl)c1. The molecular formula is C15H22ClNO3S. The second-order valence-corrected chi connectivity index (χ2v) is 8.30. The first kappa shape index (κ1) is 16.7. The van der Waals surface area contributed by atoms with Gasteiger partial charge in [0.1, 0.15) is 0 Å². The third-order valence-electron chi connectivity index (χ3n) is 4.02. The molecule has 118 valence electrons. The fourth-order valence-corrected chi connectivity index (χ4v) is 4.17. The highest BCUT2D eigenvalue weighted by Crippen LogP contribution is 2.32. The van der Waals surface area contributed by atoms with Crippen LogP contribution in [0.4, 0.5) is 0 Å². The van der Waals surface area contributed by atoms with Crippen molar-refractivity contribution in [1.29, 1.82) is 0 Å². The van der Waals surface area contributed by atoms with Gasteiger partial charge in [-0.05, 0) is 49.3 Å². The maximum atomic E-state index is 11.6. The van der Waals surface area contributed by atoms with E-state index >= 15 is 0 Å². The molecule has 1 aromatic rings. The van der Waals surface area contributed by atoms with Crippen LogP contribution in [0, 0.1) is 12.8 Å². The van der Waals surface area contributed by atoms with Gasteiger partial charge in [0, 0.05) is 18.1 Å². The number of rotatable bonds is 4. The van der Waals surface area contributed by atoms with Gasteiger partial charge in [-0.25, -0.2) is 12.7 Å². The molecule has 0 radical (unpaired) electrons. The standard InChI is InChI=1S/C15H22ClNO3S/c1-11-5-6-13(14(16)8-11)15(18)9-12-4-3-7-17(10-12)21(2,19)20/h5-6,8,12,15,18H,3-4,7,9-10H2,1-2H3. The number of hydrogen-bond acceptors (Lipinski definition) is 3. The fraction of sp³-hybridized carbons (Fsp3) is 0.600. The van der Waals surface area contributed by atoms with Crippen molar-refractivity contribution in [3.05, 3.63) is 34.3 Å². The average Bonchev–Trinajstić information content (AvgIpc) is 2.37. The zero-order valence-corrected chi connectivity index (χ0v) is 14.0. The van der Waals surface area contributed by atoms with Crippen molar-refractivity contribution in [3.63, 3.8) is 0 Å². The Morgan fingerprint density at radius 1 is 1.48 bits per heavy atom. The van der Waals surface area contributed by atoms with Gasteiger partial charge < -0.3 is 5.11 Å². The smallest absolute Gasteiger partial charge is 0.211 e. The zero-order chi connectivity index (χ0) is 15.6. The number of sulfonamides is 1. The van der Waals surface area contributed by atoms with E-state index in [1.54, 1.807) is 0 Å². The molecular weight excluding hydrogens is 310 g/mol. The van der Waals surface area contributed by atoms with E-state index in [1.165, 1.54) is 10.6 Å².